The molecule has 3 heteroatoms. The highest BCUT2D eigenvalue weighted by Crippen LogP contribution is 2.20. The van der Waals surface area contributed by atoms with Crippen molar-refractivity contribution in [1.29, 1.82) is 0 Å². The second-order valence-electron chi connectivity index (χ2n) is 4.17. The highest BCUT2D eigenvalue weighted by molar-refractivity contribution is 5.47. The number of nitrogens with zero attached hydrogens (tertiary/aromatic N) is 1. The van der Waals surface area contributed by atoms with Crippen LogP contribution in [0.5, 0.6) is 0 Å². The Kier molecular flexibility index (Phi) is 3.38. The lowest BCUT2D eigenvalue weighted by atomic mass is 10.1. The number of rotatable bonds is 3. The molecule has 2 aromatic rings. The second-order valence-corrected chi connectivity index (χ2v) is 4.17. The average molecular weight is 230 g/mol. The Morgan fingerprint density at radius 3 is 2.76 bits per heavy atom. The van der Waals surface area contributed by atoms with Crippen LogP contribution in [0, 0.1) is 12.7 Å². The van der Waals surface area contributed by atoms with E-state index in [-0.39, 0.29) is 11.9 Å². The minimum Gasteiger partial charge on any atom is -0.378 e. The van der Waals surface area contributed by atoms with Gasteiger partial charge in [0.25, 0.3) is 0 Å². The first-order valence-corrected chi connectivity index (χ1v) is 5.59. The molecule has 17 heavy (non-hydrogen) atoms. The molecule has 1 atom stereocenters. The van der Waals surface area contributed by atoms with Crippen LogP contribution in [0.4, 0.5) is 10.1 Å². The van der Waals surface area contributed by atoms with Gasteiger partial charge in [0, 0.05) is 18.1 Å². The summed E-state index contributed by atoms with van der Waals surface area (Å²) in [5, 5.41) is 3.26. The summed E-state index contributed by atoms with van der Waals surface area (Å²) in [6, 6.07) is 8.93. The van der Waals surface area contributed by atoms with Crippen LogP contribution >= 0.6 is 0 Å². The fourth-order valence-electron chi connectivity index (χ4n) is 1.79. The number of anilines is 1. The summed E-state index contributed by atoms with van der Waals surface area (Å²) in [5.41, 5.74) is 2.78. The molecule has 0 bridgehead atoms. The lowest BCUT2D eigenvalue weighted by Gasteiger charge is -2.15. The molecule has 1 aromatic carbocycles. The Labute approximate surface area is 101 Å². The lowest BCUT2D eigenvalue weighted by Crippen LogP contribution is -2.07. The SMILES string of the molecule is Cc1cc(F)cc(NC(C)c2cccnc2)c1. The Morgan fingerprint density at radius 2 is 2.12 bits per heavy atom. The smallest absolute Gasteiger partial charge is 0.125 e. The first-order chi connectivity index (χ1) is 8.15. The Hall–Kier alpha value is -1.90. The summed E-state index contributed by atoms with van der Waals surface area (Å²) in [5.74, 6) is -0.217. The number of hydrogen-bond acceptors (Lipinski definition) is 2. The van der Waals surface area contributed by atoms with Gasteiger partial charge in [-0.2, -0.15) is 0 Å². The molecule has 1 unspecified atom stereocenters. The maximum Gasteiger partial charge on any atom is 0.125 e. The summed E-state index contributed by atoms with van der Waals surface area (Å²) in [6.45, 7) is 3.90. The van der Waals surface area contributed by atoms with E-state index in [1.807, 2.05) is 38.2 Å². The van der Waals surface area contributed by atoms with Crippen LogP contribution in [0.1, 0.15) is 24.1 Å². The van der Waals surface area contributed by atoms with E-state index >= 15 is 0 Å². The minimum atomic E-state index is -0.217. The zero-order chi connectivity index (χ0) is 12.3. The molecule has 1 N–H and O–H groups in total. The number of pyridine rings is 1. The number of nitrogens with one attached hydrogen (secondary N) is 1. The van der Waals surface area contributed by atoms with Crippen LogP contribution in [-0.2, 0) is 0 Å². The van der Waals surface area contributed by atoms with Crippen molar-refractivity contribution in [3.63, 3.8) is 0 Å². The molecule has 0 radical (unpaired) electrons. The number of aryl methyl sites for hydroxylation is 1. The third-order valence-electron chi connectivity index (χ3n) is 2.61. The normalized spacial score (nSPS) is 12.2. The van der Waals surface area contributed by atoms with E-state index in [1.165, 1.54) is 12.1 Å². The Bertz CT molecular complexity index is 477. The van der Waals surface area contributed by atoms with Crippen molar-refractivity contribution in [2.24, 2.45) is 0 Å². The molecule has 0 spiro atoms. The predicted molar refractivity (Wildman–Crippen MR) is 67.4 cm³/mol. The van der Waals surface area contributed by atoms with Gasteiger partial charge in [0.15, 0.2) is 0 Å². The monoisotopic (exact) mass is 230 g/mol. The maximum atomic E-state index is 13.2. The Balaban J connectivity index is 2.16. The third kappa shape index (κ3) is 3.03. The quantitative estimate of drug-likeness (QED) is 0.869. The molecule has 0 aliphatic carbocycles. The van der Waals surface area contributed by atoms with Gasteiger partial charge in [-0.05, 0) is 49.2 Å². The topological polar surface area (TPSA) is 24.9 Å². The van der Waals surface area contributed by atoms with Gasteiger partial charge in [-0.25, -0.2) is 4.39 Å². The molecule has 0 saturated heterocycles. The predicted octanol–water partition coefficient (Wildman–Crippen LogP) is 3.70. The van der Waals surface area contributed by atoms with Crippen molar-refractivity contribution >= 4 is 5.69 Å². The first kappa shape index (κ1) is 11.6. The van der Waals surface area contributed by atoms with E-state index in [0.717, 1.165) is 16.8 Å². The van der Waals surface area contributed by atoms with Crippen LogP contribution in [0.2, 0.25) is 0 Å². The van der Waals surface area contributed by atoms with Gasteiger partial charge in [0.05, 0.1) is 6.04 Å². The van der Waals surface area contributed by atoms with Crippen molar-refractivity contribution in [1.82, 2.24) is 4.98 Å². The van der Waals surface area contributed by atoms with E-state index in [1.54, 1.807) is 6.20 Å². The van der Waals surface area contributed by atoms with E-state index in [2.05, 4.69) is 10.3 Å². The van der Waals surface area contributed by atoms with Gasteiger partial charge < -0.3 is 5.32 Å². The molecule has 2 nitrogen and oxygen atoms in total. The van der Waals surface area contributed by atoms with Crippen molar-refractivity contribution in [3.05, 3.63) is 59.7 Å². The van der Waals surface area contributed by atoms with Crippen LogP contribution < -0.4 is 5.32 Å². The van der Waals surface area contributed by atoms with E-state index in [9.17, 15) is 4.39 Å². The first-order valence-electron chi connectivity index (χ1n) is 5.59. The number of hydrogen-bond donors (Lipinski definition) is 1. The average Bonchev–Trinajstić information content (AvgIpc) is 2.28. The third-order valence-corrected chi connectivity index (χ3v) is 2.61. The molecule has 0 aliphatic rings. The molecule has 88 valence electrons. The van der Waals surface area contributed by atoms with Crippen LogP contribution in [0.15, 0.2) is 42.7 Å². The van der Waals surface area contributed by atoms with E-state index in [4.69, 9.17) is 0 Å². The Morgan fingerprint density at radius 1 is 1.29 bits per heavy atom. The van der Waals surface area contributed by atoms with Gasteiger partial charge in [0.2, 0.25) is 0 Å². The molecular formula is C14H15FN2. The molecule has 0 aliphatic heterocycles. The van der Waals surface area contributed by atoms with Crippen molar-refractivity contribution in [2.75, 3.05) is 5.32 Å². The number of benzene rings is 1. The summed E-state index contributed by atoms with van der Waals surface area (Å²) in [4.78, 5) is 4.07. The van der Waals surface area contributed by atoms with Crippen LogP contribution in [0.25, 0.3) is 0 Å². The zero-order valence-electron chi connectivity index (χ0n) is 9.94. The van der Waals surface area contributed by atoms with Crippen LogP contribution in [-0.4, -0.2) is 4.98 Å². The maximum absolute atomic E-state index is 13.2. The molecule has 0 saturated carbocycles. The van der Waals surface area contributed by atoms with Crippen molar-refractivity contribution < 1.29 is 4.39 Å². The van der Waals surface area contributed by atoms with Crippen molar-refractivity contribution in [2.45, 2.75) is 19.9 Å². The van der Waals surface area contributed by atoms with Gasteiger partial charge in [-0.1, -0.05) is 6.07 Å². The molecule has 1 heterocycles. The van der Waals surface area contributed by atoms with Crippen LogP contribution in [0.3, 0.4) is 0 Å². The second kappa shape index (κ2) is 4.95. The number of halogens is 1. The molecule has 2 rings (SSSR count). The summed E-state index contributed by atoms with van der Waals surface area (Å²) in [7, 11) is 0. The fraction of sp³-hybridized carbons (Fsp3) is 0.214. The van der Waals surface area contributed by atoms with Gasteiger partial charge >= 0.3 is 0 Å². The molecular weight excluding hydrogens is 215 g/mol. The summed E-state index contributed by atoms with van der Waals surface area (Å²) < 4.78 is 13.2. The molecule has 0 amide bonds. The molecule has 0 fully saturated rings. The summed E-state index contributed by atoms with van der Waals surface area (Å²) in [6.07, 6.45) is 3.55. The lowest BCUT2D eigenvalue weighted by molar-refractivity contribution is 0.626. The van der Waals surface area contributed by atoms with Crippen molar-refractivity contribution in [3.8, 4) is 0 Å². The highest BCUT2D eigenvalue weighted by atomic mass is 19.1. The van der Waals surface area contributed by atoms with E-state index < -0.39 is 0 Å². The van der Waals surface area contributed by atoms with Gasteiger partial charge in [0.1, 0.15) is 5.82 Å². The van der Waals surface area contributed by atoms with E-state index in [0.29, 0.717) is 0 Å². The largest absolute Gasteiger partial charge is 0.378 e. The standard InChI is InChI=1S/C14H15FN2/c1-10-6-13(15)8-14(7-10)17-11(2)12-4-3-5-16-9-12/h3-9,11,17H,1-2H3. The minimum absolute atomic E-state index is 0.102. The van der Waals surface area contributed by atoms with Gasteiger partial charge in [-0.15, -0.1) is 0 Å². The molecule has 1 aromatic heterocycles. The highest BCUT2D eigenvalue weighted by Gasteiger charge is 2.06. The zero-order valence-corrected chi connectivity index (χ0v) is 9.94. The summed E-state index contributed by atoms with van der Waals surface area (Å²) >= 11 is 0. The number of aromatic nitrogens is 1. The fourth-order valence-corrected chi connectivity index (χ4v) is 1.79. The van der Waals surface area contributed by atoms with Gasteiger partial charge in [-0.3, -0.25) is 4.98 Å².